The lowest BCUT2D eigenvalue weighted by Gasteiger charge is -2.18. The summed E-state index contributed by atoms with van der Waals surface area (Å²) < 4.78 is 14.3. The Kier molecular flexibility index (Phi) is 6.92. The van der Waals surface area contributed by atoms with Crippen molar-refractivity contribution in [3.63, 3.8) is 0 Å². The fraction of sp³-hybridized carbons (Fsp3) is 0.462. The first-order valence-electron chi connectivity index (χ1n) is 11.9. The molecule has 0 aliphatic carbocycles. The van der Waals surface area contributed by atoms with Gasteiger partial charge in [0.25, 0.3) is 0 Å². The Bertz CT molecular complexity index is 1050. The van der Waals surface area contributed by atoms with Crippen LogP contribution in [0.3, 0.4) is 0 Å². The predicted molar refractivity (Wildman–Crippen MR) is 132 cm³/mol. The molecular formula is C26H34N6O2. The molecule has 2 aliphatic rings. The van der Waals surface area contributed by atoms with E-state index >= 15 is 0 Å². The molecule has 0 radical (unpaired) electrons. The summed E-state index contributed by atoms with van der Waals surface area (Å²) in [6.07, 6.45) is 2.05. The van der Waals surface area contributed by atoms with E-state index in [2.05, 4.69) is 95.1 Å². The minimum absolute atomic E-state index is 0.00906. The lowest BCUT2D eigenvalue weighted by Crippen LogP contribution is -2.40. The molecule has 8 heteroatoms. The van der Waals surface area contributed by atoms with Crippen LogP contribution in [0.2, 0.25) is 0 Å². The van der Waals surface area contributed by atoms with Crippen molar-refractivity contribution in [3.8, 4) is 0 Å². The summed E-state index contributed by atoms with van der Waals surface area (Å²) in [5.74, 6) is 0. The number of nitrogens with zero attached hydrogens (tertiary/aromatic N) is 5. The summed E-state index contributed by atoms with van der Waals surface area (Å²) >= 11 is 0. The van der Waals surface area contributed by atoms with E-state index in [-0.39, 0.29) is 24.3 Å². The van der Waals surface area contributed by atoms with Crippen molar-refractivity contribution in [2.75, 3.05) is 39.3 Å². The molecule has 2 aromatic carbocycles. The van der Waals surface area contributed by atoms with Crippen molar-refractivity contribution in [2.24, 2.45) is 0 Å². The molecule has 2 aliphatic heterocycles. The van der Waals surface area contributed by atoms with E-state index in [1.165, 1.54) is 16.8 Å². The van der Waals surface area contributed by atoms with Crippen molar-refractivity contribution < 1.29 is 9.47 Å². The van der Waals surface area contributed by atoms with Crippen molar-refractivity contribution in [1.82, 2.24) is 25.2 Å². The highest BCUT2D eigenvalue weighted by molar-refractivity contribution is 5.45. The van der Waals surface area contributed by atoms with Crippen molar-refractivity contribution in [1.29, 1.82) is 0 Å². The third kappa shape index (κ3) is 5.15. The number of nitrogens with one attached hydrogen (secondary N) is 1. The van der Waals surface area contributed by atoms with E-state index in [1.54, 1.807) is 0 Å². The van der Waals surface area contributed by atoms with Crippen LogP contribution in [0.4, 0.5) is 5.69 Å². The quantitative estimate of drug-likeness (QED) is 0.524. The topological polar surface area (TPSA) is 67.7 Å². The summed E-state index contributed by atoms with van der Waals surface area (Å²) in [5.41, 5.74) is 4.70. The van der Waals surface area contributed by atoms with E-state index in [4.69, 9.17) is 9.47 Å². The Morgan fingerprint density at radius 2 is 1.68 bits per heavy atom. The van der Waals surface area contributed by atoms with Gasteiger partial charge in [-0.15, -0.1) is 5.10 Å². The van der Waals surface area contributed by atoms with Crippen LogP contribution < -0.4 is 10.2 Å². The van der Waals surface area contributed by atoms with E-state index in [0.29, 0.717) is 13.2 Å². The highest BCUT2D eigenvalue weighted by Gasteiger charge is 2.48. The van der Waals surface area contributed by atoms with Gasteiger partial charge in [0.1, 0.15) is 18.2 Å². The van der Waals surface area contributed by atoms with Crippen LogP contribution in [0.25, 0.3) is 0 Å². The van der Waals surface area contributed by atoms with E-state index in [9.17, 15) is 0 Å². The maximum atomic E-state index is 6.17. The number of benzene rings is 2. The molecule has 0 bridgehead atoms. The number of rotatable bonds is 9. The molecule has 34 heavy (non-hydrogen) atoms. The zero-order valence-corrected chi connectivity index (χ0v) is 20.2. The molecule has 1 aromatic heterocycles. The first-order chi connectivity index (χ1) is 16.6. The fourth-order valence-corrected chi connectivity index (χ4v) is 4.82. The van der Waals surface area contributed by atoms with Gasteiger partial charge in [0.05, 0.1) is 31.1 Å². The van der Waals surface area contributed by atoms with Crippen molar-refractivity contribution in [3.05, 3.63) is 77.6 Å². The van der Waals surface area contributed by atoms with Gasteiger partial charge in [-0.25, -0.2) is 4.68 Å². The number of ether oxygens (including phenoxy) is 2. The van der Waals surface area contributed by atoms with Gasteiger partial charge < -0.3 is 19.7 Å². The maximum Gasteiger partial charge on any atom is 0.110 e. The Hall–Kier alpha value is -2.78. The van der Waals surface area contributed by atoms with Gasteiger partial charge in [0, 0.05) is 39.4 Å². The van der Waals surface area contributed by atoms with Gasteiger partial charge in [-0.3, -0.25) is 4.90 Å². The Morgan fingerprint density at radius 1 is 0.912 bits per heavy atom. The van der Waals surface area contributed by atoms with Gasteiger partial charge >= 0.3 is 0 Å². The summed E-state index contributed by atoms with van der Waals surface area (Å²) in [7, 11) is 6.21. The highest BCUT2D eigenvalue weighted by Crippen LogP contribution is 2.34. The second kappa shape index (κ2) is 10.2. The molecule has 5 rings (SSSR count). The molecule has 8 nitrogen and oxygen atoms in total. The highest BCUT2D eigenvalue weighted by atomic mass is 16.6. The van der Waals surface area contributed by atoms with Gasteiger partial charge in [0.15, 0.2) is 0 Å². The largest absolute Gasteiger partial charge is 0.378 e. The number of fused-ring (bicyclic) bond motifs is 1. The number of aromatic nitrogens is 3. The summed E-state index contributed by atoms with van der Waals surface area (Å²) in [5, 5.41) is 12.5. The number of hydrogen-bond donors (Lipinski definition) is 1. The van der Waals surface area contributed by atoms with Crippen LogP contribution in [0.5, 0.6) is 0 Å². The van der Waals surface area contributed by atoms with Crippen LogP contribution in [-0.4, -0.2) is 72.5 Å². The minimum Gasteiger partial charge on any atom is -0.378 e. The molecule has 3 aromatic rings. The van der Waals surface area contributed by atoms with Crippen LogP contribution >= 0.6 is 0 Å². The zero-order chi connectivity index (χ0) is 23.5. The number of anilines is 1. The summed E-state index contributed by atoms with van der Waals surface area (Å²) in [6, 6.07) is 19.3. The van der Waals surface area contributed by atoms with Gasteiger partial charge in [0.2, 0.25) is 0 Å². The molecular weight excluding hydrogens is 428 g/mol. The summed E-state index contributed by atoms with van der Waals surface area (Å²) in [4.78, 5) is 4.35. The van der Waals surface area contributed by atoms with Gasteiger partial charge in [-0.1, -0.05) is 47.7 Å². The van der Waals surface area contributed by atoms with E-state index < -0.39 is 0 Å². The van der Waals surface area contributed by atoms with Crippen molar-refractivity contribution >= 4 is 5.69 Å². The molecule has 0 saturated carbocycles. The monoisotopic (exact) mass is 462 g/mol. The molecule has 3 heterocycles. The predicted octanol–water partition coefficient (Wildman–Crippen LogP) is 2.47. The lowest BCUT2D eigenvalue weighted by atomic mass is 10.1. The Balaban J connectivity index is 1.14. The minimum atomic E-state index is -0.00906. The fourth-order valence-electron chi connectivity index (χ4n) is 4.82. The zero-order valence-electron chi connectivity index (χ0n) is 20.2. The molecule has 0 spiro atoms. The Labute approximate surface area is 201 Å². The van der Waals surface area contributed by atoms with Crippen LogP contribution in [-0.2, 0) is 29.1 Å². The SMILES string of the molecule is CN(Cc1ccccc1)Cc1cn([C@H]2CO[C@H]3[C@@H]2OC[C@@H]3NCc2ccc(N(C)C)cc2)nn1. The van der Waals surface area contributed by atoms with E-state index in [0.717, 1.165) is 25.3 Å². The lowest BCUT2D eigenvalue weighted by molar-refractivity contribution is 0.0619. The molecule has 4 atom stereocenters. The summed E-state index contributed by atoms with van der Waals surface area (Å²) in [6.45, 7) is 3.64. The third-order valence-corrected chi connectivity index (χ3v) is 6.67. The number of hydrogen-bond acceptors (Lipinski definition) is 7. The first kappa shape index (κ1) is 23.0. The van der Waals surface area contributed by atoms with Crippen molar-refractivity contribution in [2.45, 2.75) is 43.9 Å². The molecule has 180 valence electrons. The second-order valence-corrected chi connectivity index (χ2v) is 9.56. The van der Waals surface area contributed by atoms with Gasteiger partial charge in [-0.2, -0.15) is 0 Å². The molecule has 0 amide bonds. The maximum absolute atomic E-state index is 6.17. The van der Waals surface area contributed by atoms with Crippen LogP contribution in [0.15, 0.2) is 60.8 Å². The molecule has 1 N–H and O–H groups in total. The molecule has 2 fully saturated rings. The average Bonchev–Trinajstić information content (AvgIpc) is 3.56. The average molecular weight is 463 g/mol. The second-order valence-electron chi connectivity index (χ2n) is 9.56. The van der Waals surface area contributed by atoms with Gasteiger partial charge in [-0.05, 0) is 30.3 Å². The first-order valence-corrected chi connectivity index (χ1v) is 11.9. The van der Waals surface area contributed by atoms with Crippen LogP contribution in [0, 0.1) is 0 Å². The molecule has 0 unspecified atom stereocenters. The third-order valence-electron chi connectivity index (χ3n) is 6.67. The smallest absolute Gasteiger partial charge is 0.110 e. The van der Waals surface area contributed by atoms with E-state index in [1.807, 2.05) is 16.9 Å². The normalized spacial score (nSPS) is 24.0. The molecule has 2 saturated heterocycles. The Morgan fingerprint density at radius 3 is 2.44 bits per heavy atom. The van der Waals surface area contributed by atoms with Crippen LogP contribution in [0.1, 0.15) is 22.9 Å². The standard InChI is InChI=1S/C26H34N6O2/c1-30(2)22-11-9-19(10-12-22)13-27-23-17-33-26-24(18-34-25(23)26)32-16-21(28-29-32)15-31(3)14-20-7-5-4-6-8-20/h4-12,16,23-27H,13-15,17-18H2,1-3H3/t23-,24-,25+,26+/m0/s1.